The molecule has 166 valence electrons. The molecule has 0 amide bonds. The summed E-state index contributed by atoms with van der Waals surface area (Å²) in [6, 6.07) is 16.0. The van der Waals surface area contributed by atoms with E-state index in [1.54, 1.807) is 0 Å². The fraction of sp³-hybridized carbons (Fsp3) is 0.286. The van der Waals surface area contributed by atoms with Gasteiger partial charge in [0.05, 0.1) is 10.7 Å². The van der Waals surface area contributed by atoms with E-state index in [-0.39, 0.29) is 39.7 Å². The van der Waals surface area contributed by atoms with E-state index in [9.17, 15) is 5.11 Å². The lowest BCUT2D eigenvalue weighted by atomic mass is 9.79. The maximum atomic E-state index is 11.2. The first kappa shape index (κ1) is 23.7. The molecule has 4 aromatic carbocycles. The Labute approximate surface area is 195 Å². The predicted molar refractivity (Wildman–Crippen MR) is 136 cm³/mol. The Kier molecular flexibility index (Phi) is 5.86. The molecule has 0 saturated heterocycles. The maximum absolute atomic E-state index is 11.2. The van der Waals surface area contributed by atoms with E-state index in [2.05, 4.69) is 47.6 Å². The summed E-state index contributed by atoms with van der Waals surface area (Å²) in [7, 11) is 0. The number of benzene rings is 4. The summed E-state index contributed by atoms with van der Waals surface area (Å²) >= 11 is 0. The van der Waals surface area contributed by atoms with E-state index in [1.165, 1.54) is 0 Å². The van der Waals surface area contributed by atoms with Gasteiger partial charge < -0.3 is 5.11 Å². The summed E-state index contributed by atoms with van der Waals surface area (Å²) in [4.78, 5) is 0. The minimum Gasteiger partial charge on any atom is -0.507 e. The van der Waals surface area contributed by atoms with Crippen LogP contribution in [0, 0.1) is 10.8 Å². The molecule has 4 heteroatoms. The number of phenolic OH excluding ortho intramolecular Hbond substituents is 1. The Balaban J connectivity index is 0.00000289. The molecule has 3 N–H and O–H groups in total. The summed E-state index contributed by atoms with van der Waals surface area (Å²) in [5, 5.41) is 33.4. The molecule has 0 saturated carbocycles. The van der Waals surface area contributed by atoms with Crippen LogP contribution < -0.4 is 15.9 Å². The molecule has 0 bridgehead atoms. The zero-order valence-corrected chi connectivity index (χ0v) is 20.4. The van der Waals surface area contributed by atoms with Crippen molar-refractivity contribution in [3.05, 3.63) is 81.2 Å². The second-order valence-electron chi connectivity index (χ2n) is 10.5. The van der Waals surface area contributed by atoms with Crippen molar-refractivity contribution in [1.82, 2.24) is 0 Å². The minimum absolute atomic E-state index is 0. The van der Waals surface area contributed by atoms with E-state index in [4.69, 9.17) is 10.8 Å². The van der Waals surface area contributed by atoms with Crippen LogP contribution in [0.3, 0.4) is 0 Å². The van der Waals surface area contributed by atoms with Crippen molar-refractivity contribution in [1.29, 1.82) is 10.8 Å². The van der Waals surface area contributed by atoms with Crippen molar-refractivity contribution in [2.24, 2.45) is 0 Å². The Morgan fingerprint density at radius 1 is 0.781 bits per heavy atom. The number of aromatic hydroxyl groups is 1. The van der Waals surface area contributed by atoms with Gasteiger partial charge in [-0.25, -0.2) is 0 Å². The first-order chi connectivity index (χ1) is 14.4. The SMILES string of the molecule is CC(C)(C)c1cc(C=c2c(=N)c(=N)c3cccc4cccc2c43)c(O)c(C(C)(C)C)c1.Cl. The highest BCUT2D eigenvalue weighted by Crippen LogP contribution is 2.38. The van der Waals surface area contributed by atoms with E-state index in [1.807, 2.05) is 48.5 Å². The number of nitrogens with one attached hydrogen (secondary N) is 2. The van der Waals surface area contributed by atoms with Crippen LogP contribution in [-0.2, 0) is 10.8 Å². The number of halogens is 1. The highest BCUT2D eigenvalue weighted by Gasteiger charge is 2.24. The smallest absolute Gasteiger partial charge is 0.126 e. The summed E-state index contributed by atoms with van der Waals surface area (Å²) in [5.74, 6) is 0.248. The normalized spacial score (nSPS) is 13.0. The molecule has 0 heterocycles. The lowest BCUT2D eigenvalue weighted by Crippen LogP contribution is -2.38. The Hall–Kier alpha value is -2.91. The standard InChI is InChI=1S/C28H30N2O.ClH/c1-27(2,3)18-13-17(26(31)22(15-18)28(4,5)6)14-21-19-11-7-9-16-10-8-12-20(23(16)19)24(29)25(21)30;/h7-15,29-31H,1-6H3;1H. The average molecular weight is 447 g/mol. The van der Waals surface area contributed by atoms with Crippen molar-refractivity contribution in [2.75, 3.05) is 0 Å². The highest BCUT2D eigenvalue weighted by molar-refractivity contribution is 6.10. The minimum atomic E-state index is -0.224. The Morgan fingerprint density at radius 2 is 1.38 bits per heavy atom. The maximum Gasteiger partial charge on any atom is 0.126 e. The van der Waals surface area contributed by atoms with Crippen LogP contribution >= 0.6 is 12.4 Å². The molecule has 0 spiro atoms. The molecule has 0 fully saturated rings. The van der Waals surface area contributed by atoms with Crippen LogP contribution in [0.25, 0.3) is 27.6 Å². The quantitative estimate of drug-likeness (QED) is 0.347. The summed E-state index contributed by atoms with van der Waals surface area (Å²) < 4.78 is 0. The third-order valence-corrected chi connectivity index (χ3v) is 6.10. The first-order valence-corrected chi connectivity index (χ1v) is 10.7. The third kappa shape index (κ3) is 3.86. The van der Waals surface area contributed by atoms with E-state index >= 15 is 0 Å². The van der Waals surface area contributed by atoms with Crippen molar-refractivity contribution in [3.8, 4) is 5.75 Å². The number of phenols is 1. The van der Waals surface area contributed by atoms with Crippen LogP contribution in [0.15, 0.2) is 48.5 Å². The molecule has 0 aliphatic heterocycles. The molecule has 0 unspecified atom stereocenters. The van der Waals surface area contributed by atoms with Crippen molar-refractivity contribution in [3.63, 3.8) is 0 Å². The first-order valence-electron chi connectivity index (χ1n) is 10.7. The monoisotopic (exact) mass is 446 g/mol. The van der Waals surface area contributed by atoms with Gasteiger partial charge in [-0.05, 0) is 44.7 Å². The number of rotatable bonds is 1. The average Bonchev–Trinajstić information content (AvgIpc) is 2.68. The van der Waals surface area contributed by atoms with Crippen molar-refractivity contribution in [2.45, 2.75) is 52.4 Å². The molecule has 0 radical (unpaired) electrons. The predicted octanol–water partition coefficient (Wildman–Crippen LogP) is 5.66. The van der Waals surface area contributed by atoms with Crippen molar-refractivity contribution < 1.29 is 5.11 Å². The van der Waals surface area contributed by atoms with Crippen LogP contribution in [0.5, 0.6) is 5.75 Å². The van der Waals surface area contributed by atoms with Gasteiger partial charge in [0.2, 0.25) is 0 Å². The largest absolute Gasteiger partial charge is 0.507 e. The molecule has 0 aliphatic carbocycles. The van der Waals surface area contributed by atoms with Gasteiger partial charge in [-0.3, -0.25) is 10.8 Å². The Bertz CT molecular complexity index is 1490. The third-order valence-electron chi connectivity index (χ3n) is 6.10. The molecule has 0 aromatic heterocycles. The van der Waals surface area contributed by atoms with Crippen LogP contribution in [0.2, 0.25) is 0 Å². The van der Waals surface area contributed by atoms with Crippen LogP contribution in [-0.4, -0.2) is 5.11 Å². The van der Waals surface area contributed by atoms with Gasteiger partial charge in [-0.2, -0.15) is 0 Å². The fourth-order valence-corrected chi connectivity index (χ4v) is 4.25. The van der Waals surface area contributed by atoms with Gasteiger partial charge in [-0.1, -0.05) is 84.0 Å². The summed E-state index contributed by atoms with van der Waals surface area (Å²) in [5.41, 5.74) is 2.42. The van der Waals surface area contributed by atoms with Gasteiger partial charge >= 0.3 is 0 Å². The molecular weight excluding hydrogens is 416 g/mol. The van der Waals surface area contributed by atoms with Gasteiger partial charge in [-0.15, -0.1) is 12.4 Å². The Morgan fingerprint density at radius 3 is 1.94 bits per heavy atom. The summed E-state index contributed by atoms with van der Waals surface area (Å²) in [6.45, 7) is 12.8. The van der Waals surface area contributed by atoms with E-state index in [0.717, 1.165) is 32.7 Å². The molecule has 0 atom stereocenters. The molecular formula is C28H31ClN2O. The molecule has 32 heavy (non-hydrogen) atoms. The van der Waals surface area contributed by atoms with Crippen molar-refractivity contribution >= 4 is 40.0 Å². The second kappa shape index (κ2) is 7.90. The fourth-order valence-electron chi connectivity index (χ4n) is 4.25. The van der Waals surface area contributed by atoms with Gasteiger partial charge in [0.25, 0.3) is 0 Å². The number of hydrogen-bond acceptors (Lipinski definition) is 3. The zero-order valence-electron chi connectivity index (χ0n) is 19.6. The summed E-state index contributed by atoms with van der Waals surface area (Å²) in [6.07, 6.45) is 1.89. The van der Waals surface area contributed by atoms with Gasteiger partial charge in [0, 0.05) is 21.7 Å². The molecule has 4 rings (SSSR count). The van der Waals surface area contributed by atoms with Gasteiger partial charge in [0.15, 0.2) is 0 Å². The zero-order chi connectivity index (χ0) is 22.7. The lowest BCUT2D eigenvalue weighted by Gasteiger charge is -2.27. The molecule has 3 nitrogen and oxygen atoms in total. The topological polar surface area (TPSA) is 67.9 Å². The lowest BCUT2D eigenvalue weighted by molar-refractivity contribution is 0.443. The number of hydrogen-bond donors (Lipinski definition) is 3. The molecule has 0 aliphatic rings. The molecule has 4 aromatic rings. The van der Waals surface area contributed by atoms with Crippen LogP contribution in [0.1, 0.15) is 58.2 Å². The van der Waals surface area contributed by atoms with E-state index < -0.39 is 0 Å². The van der Waals surface area contributed by atoms with Gasteiger partial charge in [0.1, 0.15) is 5.75 Å². The van der Waals surface area contributed by atoms with Crippen LogP contribution in [0.4, 0.5) is 0 Å². The van der Waals surface area contributed by atoms with E-state index in [0.29, 0.717) is 10.8 Å². The highest BCUT2D eigenvalue weighted by atomic mass is 35.5. The second-order valence-corrected chi connectivity index (χ2v) is 10.5.